The van der Waals surface area contributed by atoms with Gasteiger partial charge in [0.15, 0.2) is 0 Å². The number of hydrogen-bond acceptors (Lipinski definition) is 2. The van der Waals surface area contributed by atoms with Gasteiger partial charge in [-0.05, 0) is 42.0 Å². The molecule has 1 amide bonds. The lowest BCUT2D eigenvalue weighted by molar-refractivity contribution is -0.120. The molecule has 5 heteroatoms. The molecule has 0 saturated heterocycles. The molecule has 0 aromatic heterocycles. The summed E-state index contributed by atoms with van der Waals surface area (Å²) in [5.41, 5.74) is 0.654. The lowest BCUT2D eigenvalue weighted by Gasteiger charge is -2.08. The molecule has 0 aliphatic heterocycles. The molecule has 0 radical (unpaired) electrons. The maximum Gasteiger partial charge on any atom is 0.224 e. The minimum Gasteiger partial charge on any atom is -0.492 e. The summed E-state index contributed by atoms with van der Waals surface area (Å²) in [5.74, 6) is 0.261. The maximum absolute atomic E-state index is 13.0. The second-order valence-corrected chi connectivity index (χ2v) is 5.37. The molecule has 2 rings (SSSR count). The maximum atomic E-state index is 13.0. The van der Waals surface area contributed by atoms with Crippen LogP contribution in [0.5, 0.6) is 5.75 Å². The summed E-state index contributed by atoms with van der Waals surface area (Å²) >= 11 is 3.34. The number of ether oxygens (including phenoxy) is 1. The molecular formula is C16H15BrFNO2. The Balaban J connectivity index is 1.68. The van der Waals surface area contributed by atoms with Crippen molar-refractivity contribution in [2.75, 3.05) is 13.2 Å². The highest BCUT2D eigenvalue weighted by molar-refractivity contribution is 9.10. The molecule has 2 aromatic rings. The minimum atomic E-state index is -0.334. The highest BCUT2D eigenvalue weighted by atomic mass is 79.9. The SMILES string of the molecule is O=C(Cc1cccc(F)c1)NCCOc1ccc(Br)cc1. The molecule has 0 unspecified atom stereocenters. The van der Waals surface area contributed by atoms with Crippen LogP contribution >= 0.6 is 15.9 Å². The normalized spacial score (nSPS) is 10.2. The van der Waals surface area contributed by atoms with Crippen LogP contribution in [-0.4, -0.2) is 19.1 Å². The van der Waals surface area contributed by atoms with Gasteiger partial charge in [-0.2, -0.15) is 0 Å². The van der Waals surface area contributed by atoms with Crippen LogP contribution in [0, 0.1) is 5.82 Å². The van der Waals surface area contributed by atoms with Gasteiger partial charge in [-0.1, -0.05) is 28.1 Å². The smallest absolute Gasteiger partial charge is 0.224 e. The van der Waals surface area contributed by atoms with Crippen molar-refractivity contribution in [1.82, 2.24) is 5.32 Å². The highest BCUT2D eigenvalue weighted by Crippen LogP contribution is 2.15. The molecule has 0 bridgehead atoms. The van der Waals surface area contributed by atoms with Crippen molar-refractivity contribution >= 4 is 21.8 Å². The number of amides is 1. The topological polar surface area (TPSA) is 38.3 Å². The van der Waals surface area contributed by atoms with Gasteiger partial charge in [-0.25, -0.2) is 4.39 Å². The molecule has 0 heterocycles. The molecule has 0 saturated carbocycles. The van der Waals surface area contributed by atoms with Gasteiger partial charge in [0.25, 0.3) is 0 Å². The quantitative estimate of drug-likeness (QED) is 0.810. The van der Waals surface area contributed by atoms with E-state index in [0.29, 0.717) is 18.7 Å². The molecule has 3 nitrogen and oxygen atoms in total. The zero-order chi connectivity index (χ0) is 15.1. The van der Waals surface area contributed by atoms with Crippen molar-refractivity contribution in [3.05, 3.63) is 64.4 Å². The van der Waals surface area contributed by atoms with E-state index in [4.69, 9.17) is 4.74 Å². The van der Waals surface area contributed by atoms with Gasteiger partial charge < -0.3 is 10.1 Å². The zero-order valence-corrected chi connectivity index (χ0v) is 12.9. The molecule has 2 aromatic carbocycles. The largest absolute Gasteiger partial charge is 0.492 e. The van der Waals surface area contributed by atoms with Crippen molar-refractivity contribution in [2.24, 2.45) is 0 Å². The van der Waals surface area contributed by atoms with Gasteiger partial charge in [-0.15, -0.1) is 0 Å². The van der Waals surface area contributed by atoms with Crippen LogP contribution in [0.4, 0.5) is 4.39 Å². The van der Waals surface area contributed by atoms with Gasteiger partial charge in [0.2, 0.25) is 5.91 Å². The minimum absolute atomic E-state index is 0.153. The molecule has 0 atom stereocenters. The second-order valence-electron chi connectivity index (χ2n) is 4.46. The number of benzene rings is 2. The number of hydrogen-bond donors (Lipinski definition) is 1. The first-order chi connectivity index (χ1) is 10.1. The van der Waals surface area contributed by atoms with Crippen molar-refractivity contribution in [3.63, 3.8) is 0 Å². The number of rotatable bonds is 6. The molecule has 0 fully saturated rings. The van der Waals surface area contributed by atoms with E-state index in [-0.39, 0.29) is 18.1 Å². The van der Waals surface area contributed by atoms with Crippen LogP contribution in [0.3, 0.4) is 0 Å². The Hall–Kier alpha value is -1.88. The summed E-state index contributed by atoms with van der Waals surface area (Å²) in [6.07, 6.45) is 0.163. The third-order valence-electron chi connectivity index (χ3n) is 2.76. The fraction of sp³-hybridized carbons (Fsp3) is 0.188. The molecule has 1 N–H and O–H groups in total. The average molecular weight is 352 g/mol. The third kappa shape index (κ3) is 5.55. The van der Waals surface area contributed by atoms with E-state index in [1.54, 1.807) is 12.1 Å². The molecule has 0 aliphatic rings. The van der Waals surface area contributed by atoms with Crippen LogP contribution in [0.2, 0.25) is 0 Å². The van der Waals surface area contributed by atoms with Crippen LogP contribution in [0.15, 0.2) is 53.0 Å². The lowest BCUT2D eigenvalue weighted by atomic mass is 10.1. The van der Waals surface area contributed by atoms with E-state index in [1.165, 1.54) is 12.1 Å². The molecule has 21 heavy (non-hydrogen) atoms. The average Bonchev–Trinajstić information content (AvgIpc) is 2.45. The van der Waals surface area contributed by atoms with E-state index in [9.17, 15) is 9.18 Å². The van der Waals surface area contributed by atoms with Crippen LogP contribution in [0.1, 0.15) is 5.56 Å². The summed E-state index contributed by atoms with van der Waals surface area (Å²) in [4.78, 5) is 11.7. The Bertz CT molecular complexity index is 601. The van der Waals surface area contributed by atoms with Crippen LogP contribution in [-0.2, 0) is 11.2 Å². The predicted octanol–water partition coefficient (Wildman–Crippen LogP) is 3.33. The Kier molecular flexibility index (Phi) is 5.75. The summed E-state index contributed by atoms with van der Waals surface area (Å²) in [6, 6.07) is 13.5. The fourth-order valence-corrected chi connectivity index (χ4v) is 2.05. The Morgan fingerprint density at radius 2 is 1.95 bits per heavy atom. The third-order valence-corrected chi connectivity index (χ3v) is 3.29. The van der Waals surface area contributed by atoms with Gasteiger partial charge >= 0.3 is 0 Å². The monoisotopic (exact) mass is 351 g/mol. The fourth-order valence-electron chi connectivity index (χ4n) is 1.78. The standard InChI is InChI=1S/C16H15BrFNO2/c17-13-4-6-15(7-5-13)21-9-8-19-16(20)11-12-2-1-3-14(18)10-12/h1-7,10H,8-9,11H2,(H,19,20). The molecule has 0 aliphatic carbocycles. The summed E-state index contributed by atoms with van der Waals surface area (Å²) in [7, 11) is 0. The lowest BCUT2D eigenvalue weighted by Crippen LogP contribution is -2.29. The molecule has 110 valence electrons. The van der Waals surface area contributed by atoms with Crippen LogP contribution in [0.25, 0.3) is 0 Å². The number of carbonyl (C=O) groups excluding carboxylic acids is 1. The number of carbonyl (C=O) groups is 1. The van der Waals surface area contributed by atoms with Crippen molar-refractivity contribution < 1.29 is 13.9 Å². The van der Waals surface area contributed by atoms with Crippen molar-refractivity contribution in [1.29, 1.82) is 0 Å². The molecular weight excluding hydrogens is 337 g/mol. The van der Waals surface area contributed by atoms with Crippen molar-refractivity contribution in [2.45, 2.75) is 6.42 Å². The highest BCUT2D eigenvalue weighted by Gasteiger charge is 2.03. The van der Waals surface area contributed by atoms with E-state index in [2.05, 4.69) is 21.2 Å². The Morgan fingerprint density at radius 3 is 2.67 bits per heavy atom. The predicted molar refractivity (Wildman–Crippen MR) is 82.8 cm³/mol. The van der Waals surface area contributed by atoms with E-state index < -0.39 is 0 Å². The summed E-state index contributed by atoms with van der Waals surface area (Å²) in [5, 5.41) is 2.74. The first kappa shape index (κ1) is 15.5. The van der Waals surface area contributed by atoms with Gasteiger partial charge in [-0.3, -0.25) is 4.79 Å². The Morgan fingerprint density at radius 1 is 1.19 bits per heavy atom. The van der Waals surface area contributed by atoms with E-state index >= 15 is 0 Å². The first-order valence-corrected chi connectivity index (χ1v) is 7.32. The first-order valence-electron chi connectivity index (χ1n) is 6.53. The van der Waals surface area contributed by atoms with E-state index in [0.717, 1.165) is 10.2 Å². The Labute approximate surface area is 131 Å². The van der Waals surface area contributed by atoms with Gasteiger partial charge in [0.05, 0.1) is 13.0 Å². The zero-order valence-electron chi connectivity index (χ0n) is 11.3. The van der Waals surface area contributed by atoms with Gasteiger partial charge in [0.1, 0.15) is 18.2 Å². The number of halogens is 2. The summed E-state index contributed by atoms with van der Waals surface area (Å²) < 4.78 is 19.5. The number of nitrogens with one attached hydrogen (secondary N) is 1. The van der Waals surface area contributed by atoms with Crippen molar-refractivity contribution in [3.8, 4) is 5.75 Å². The van der Waals surface area contributed by atoms with Gasteiger partial charge in [0, 0.05) is 4.47 Å². The second kappa shape index (κ2) is 7.78. The molecule has 0 spiro atoms. The van der Waals surface area contributed by atoms with Crippen LogP contribution < -0.4 is 10.1 Å². The van der Waals surface area contributed by atoms with E-state index in [1.807, 2.05) is 24.3 Å². The summed E-state index contributed by atoms with van der Waals surface area (Å²) in [6.45, 7) is 0.792.